The Morgan fingerprint density at radius 3 is 1.85 bits per heavy atom. The minimum atomic E-state index is -0.689. The minimum absolute atomic E-state index is 0.0304. The monoisotopic (exact) mass is 286 g/mol. The zero-order valence-electron chi connectivity index (χ0n) is 14.7. The van der Waals surface area contributed by atoms with Crippen LogP contribution in [0, 0.1) is 10.8 Å². The zero-order valence-corrected chi connectivity index (χ0v) is 14.7. The van der Waals surface area contributed by atoms with Gasteiger partial charge in [0.2, 0.25) is 0 Å². The van der Waals surface area contributed by atoms with Crippen molar-refractivity contribution in [2.45, 2.75) is 85.9 Å². The highest BCUT2D eigenvalue weighted by Gasteiger charge is 2.34. The Morgan fingerprint density at radius 2 is 1.45 bits per heavy atom. The molecule has 0 unspecified atom stereocenters. The summed E-state index contributed by atoms with van der Waals surface area (Å²) in [7, 11) is 0. The van der Waals surface area contributed by atoms with Crippen molar-refractivity contribution in [1.82, 2.24) is 0 Å². The molecular weight excluding hydrogens is 252 g/mol. The van der Waals surface area contributed by atoms with Gasteiger partial charge in [0.25, 0.3) is 0 Å². The standard InChI is InChI=1S/C17H34O3/c1-14(2,11-15(3,4)13-18)12-17(7,8)20-10-9-16(5,6)19/h13,19H,9-12H2,1-8H3. The topological polar surface area (TPSA) is 46.5 Å². The van der Waals surface area contributed by atoms with E-state index in [2.05, 4.69) is 27.7 Å². The molecule has 3 nitrogen and oxygen atoms in total. The molecule has 0 heterocycles. The van der Waals surface area contributed by atoms with Crippen molar-refractivity contribution in [3.8, 4) is 0 Å². The summed E-state index contributed by atoms with van der Waals surface area (Å²) in [6, 6.07) is 0. The van der Waals surface area contributed by atoms with Gasteiger partial charge < -0.3 is 14.6 Å². The van der Waals surface area contributed by atoms with Crippen molar-refractivity contribution in [1.29, 1.82) is 0 Å². The molecule has 0 atom stereocenters. The highest BCUT2D eigenvalue weighted by atomic mass is 16.5. The number of rotatable bonds is 9. The lowest BCUT2D eigenvalue weighted by Crippen LogP contribution is -2.36. The molecule has 0 saturated heterocycles. The predicted molar refractivity (Wildman–Crippen MR) is 83.8 cm³/mol. The molecular formula is C17H34O3. The van der Waals surface area contributed by atoms with E-state index in [-0.39, 0.29) is 16.4 Å². The van der Waals surface area contributed by atoms with E-state index in [9.17, 15) is 9.90 Å². The smallest absolute Gasteiger partial charge is 0.125 e. The molecule has 1 N–H and O–H groups in total. The predicted octanol–water partition coefficient (Wildman–Crippen LogP) is 3.97. The number of ether oxygens (including phenoxy) is 1. The Morgan fingerprint density at radius 1 is 0.950 bits per heavy atom. The van der Waals surface area contributed by atoms with Crippen LogP contribution < -0.4 is 0 Å². The number of carbonyl (C=O) groups excluding carboxylic acids is 1. The first-order valence-electron chi connectivity index (χ1n) is 7.51. The first kappa shape index (κ1) is 19.6. The summed E-state index contributed by atoms with van der Waals surface area (Å²) in [5.74, 6) is 0. The molecule has 0 saturated carbocycles. The molecule has 120 valence electrons. The van der Waals surface area contributed by atoms with Gasteiger partial charge in [-0.3, -0.25) is 0 Å². The van der Waals surface area contributed by atoms with E-state index in [0.29, 0.717) is 13.0 Å². The summed E-state index contributed by atoms with van der Waals surface area (Å²) >= 11 is 0. The Balaban J connectivity index is 4.46. The number of hydrogen-bond acceptors (Lipinski definition) is 3. The number of aliphatic hydroxyl groups is 1. The number of hydrogen-bond donors (Lipinski definition) is 1. The van der Waals surface area contributed by atoms with Gasteiger partial charge in [-0.25, -0.2) is 0 Å². The molecule has 0 aromatic carbocycles. The van der Waals surface area contributed by atoms with Crippen LogP contribution in [-0.4, -0.2) is 29.2 Å². The zero-order chi connectivity index (χ0) is 16.2. The fourth-order valence-electron chi connectivity index (χ4n) is 3.12. The summed E-state index contributed by atoms with van der Waals surface area (Å²) in [5.41, 5.74) is -1.21. The molecule has 20 heavy (non-hydrogen) atoms. The van der Waals surface area contributed by atoms with Crippen molar-refractivity contribution >= 4 is 6.29 Å². The maximum absolute atomic E-state index is 11.1. The van der Waals surface area contributed by atoms with Crippen molar-refractivity contribution in [3.05, 3.63) is 0 Å². The molecule has 0 fully saturated rings. The molecule has 0 amide bonds. The Bertz CT molecular complexity index is 309. The normalized spacial score (nSPS) is 14.4. The van der Waals surface area contributed by atoms with Crippen LogP contribution in [0.15, 0.2) is 0 Å². The van der Waals surface area contributed by atoms with Crippen LogP contribution in [-0.2, 0) is 9.53 Å². The Hall–Kier alpha value is -0.410. The summed E-state index contributed by atoms with van der Waals surface area (Å²) in [6.07, 6.45) is 3.37. The van der Waals surface area contributed by atoms with Crippen LogP contribution in [0.25, 0.3) is 0 Å². The van der Waals surface area contributed by atoms with Crippen LogP contribution in [0.1, 0.15) is 74.7 Å². The van der Waals surface area contributed by atoms with E-state index in [1.807, 2.05) is 13.8 Å². The van der Waals surface area contributed by atoms with Gasteiger partial charge in [-0.15, -0.1) is 0 Å². The summed E-state index contributed by atoms with van der Waals surface area (Å²) in [4.78, 5) is 11.1. The van der Waals surface area contributed by atoms with Crippen LogP contribution in [0.3, 0.4) is 0 Å². The third-order valence-electron chi connectivity index (χ3n) is 3.36. The largest absolute Gasteiger partial charge is 0.390 e. The van der Waals surface area contributed by atoms with Crippen LogP contribution in [0.2, 0.25) is 0 Å². The van der Waals surface area contributed by atoms with Gasteiger partial charge in [0.05, 0.1) is 17.8 Å². The van der Waals surface area contributed by atoms with Gasteiger partial charge >= 0.3 is 0 Å². The van der Waals surface area contributed by atoms with Gasteiger partial charge in [-0.05, 0) is 52.4 Å². The maximum Gasteiger partial charge on any atom is 0.125 e. The first-order chi connectivity index (χ1) is 8.68. The summed E-state index contributed by atoms with van der Waals surface area (Å²) < 4.78 is 5.94. The van der Waals surface area contributed by atoms with Crippen LogP contribution in [0.4, 0.5) is 0 Å². The minimum Gasteiger partial charge on any atom is -0.390 e. The lowest BCUT2D eigenvalue weighted by atomic mass is 9.71. The lowest BCUT2D eigenvalue weighted by molar-refractivity contribution is -0.117. The average molecular weight is 286 g/mol. The fourth-order valence-corrected chi connectivity index (χ4v) is 3.12. The highest BCUT2D eigenvalue weighted by Crippen LogP contribution is 2.39. The van der Waals surface area contributed by atoms with Gasteiger partial charge in [0.1, 0.15) is 6.29 Å². The van der Waals surface area contributed by atoms with E-state index in [1.165, 1.54) is 0 Å². The molecule has 0 bridgehead atoms. The van der Waals surface area contributed by atoms with E-state index < -0.39 is 5.60 Å². The molecule has 0 aliphatic carbocycles. The third kappa shape index (κ3) is 9.49. The highest BCUT2D eigenvalue weighted by molar-refractivity contribution is 5.57. The fraction of sp³-hybridized carbons (Fsp3) is 0.941. The van der Waals surface area contributed by atoms with Crippen molar-refractivity contribution in [2.75, 3.05) is 6.61 Å². The summed E-state index contributed by atoms with van der Waals surface area (Å²) in [5, 5.41) is 9.71. The van der Waals surface area contributed by atoms with Gasteiger partial charge in [0.15, 0.2) is 0 Å². The number of aldehydes is 1. The quantitative estimate of drug-likeness (QED) is 0.652. The molecule has 0 aromatic heterocycles. The molecule has 0 radical (unpaired) electrons. The van der Waals surface area contributed by atoms with Gasteiger partial charge in [0, 0.05) is 5.41 Å². The van der Waals surface area contributed by atoms with Crippen molar-refractivity contribution < 1.29 is 14.6 Å². The molecule has 0 aliphatic heterocycles. The van der Waals surface area contributed by atoms with E-state index in [1.54, 1.807) is 13.8 Å². The molecule has 0 aliphatic rings. The van der Waals surface area contributed by atoms with Crippen LogP contribution >= 0.6 is 0 Å². The van der Waals surface area contributed by atoms with E-state index in [0.717, 1.165) is 19.1 Å². The number of carbonyl (C=O) groups is 1. The average Bonchev–Trinajstić information content (AvgIpc) is 2.10. The second-order valence-electron chi connectivity index (χ2n) is 8.79. The molecule has 0 spiro atoms. The van der Waals surface area contributed by atoms with E-state index >= 15 is 0 Å². The second kappa shape index (κ2) is 6.57. The van der Waals surface area contributed by atoms with Crippen molar-refractivity contribution in [3.63, 3.8) is 0 Å². The van der Waals surface area contributed by atoms with E-state index in [4.69, 9.17) is 4.74 Å². The first-order valence-corrected chi connectivity index (χ1v) is 7.51. The van der Waals surface area contributed by atoms with Crippen LogP contribution in [0.5, 0.6) is 0 Å². The Kier molecular flexibility index (Phi) is 6.43. The van der Waals surface area contributed by atoms with Gasteiger partial charge in [-0.2, -0.15) is 0 Å². The molecule has 0 rings (SSSR count). The SMILES string of the molecule is CC(C)(O)CCOC(C)(C)CC(C)(C)CC(C)(C)C=O. The molecule has 0 aromatic rings. The molecule has 3 heteroatoms. The second-order valence-corrected chi connectivity index (χ2v) is 8.79. The van der Waals surface area contributed by atoms with Crippen molar-refractivity contribution in [2.24, 2.45) is 10.8 Å². The van der Waals surface area contributed by atoms with Gasteiger partial charge in [-0.1, -0.05) is 27.7 Å². The Labute approximate surface area is 125 Å². The summed E-state index contributed by atoms with van der Waals surface area (Å²) in [6.45, 7) is 16.6. The third-order valence-corrected chi connectivity index (χ3v) is 3.36. The lowest BCUT2D eigenvalue weighted by Gasteiger charge is -2.38. The maximum atomic E-state index is 11.1.